The van der Waals surface area contributed by atoms with E-state index < -0.39 is 0 Å². The van der Waals surface area contributed by atoms with Gasteiger partial charge < -0.3 is 10.0 Å². The first-order valence-corrected chi connectivity index (χ1v) is 6.84. The average molecular weight is 262 g/mol. The van der Waals surface area contributed by atoms with E-state index in [2.05, 4.69) is 41.4 Å². The third-order valence-electron chi connectivity index (χ3n) is 3.16. The Hall–Kier alpha value is -1.39. The zero-order chi connectivity index (χ0) is 13.1. The number of hydrogen-bond donors (Lipinski definition) is 1. The van der Waals surface area contributed by atoms with Crippen LogP contribution in [-0.4, -0.2) is 17.1 Å². The van der Waals surface area contributed by atoms with Gasteiger partial charge >= 0.3 is 0 Å². The molecular weight excluding hydrogens is 244 g/mol. The predicted octanol–water partition coefficient (Wildman–Crippen LogP) is 3.14. The van der Waals surface area contributed by atoms with Gasteiger partial charge in [0, 0.05) is 18.1 Å². The molecular formula is C14H18N2OS. The van der Waals surface area contributed by atoms with Crippen molar-refractivity contribution in [3.63, 3.8) is 0 Å². The molecule has 0 radical (unpaired) electrons. The highest BCUT2D eigenvalue weighted by Crippen LogP contribution is 2.28. The van der Waals surface area contributed by atoms with Gasteiger partial charge in [-0.1, -0.05) is 6.07 Å². The predicted molar refractivity (Wildman–Crippen MR) is 76.0 cm³/mol. The van der Waals surface area contributed by atoms with Crippen LogP contribution in [0.15, 0.2) is 29.8 Å². The maximum absolute atomic E-state index is 9.10. The second kappa shape index (κ2) is 5.50. The molecule has 18 heavy (non-hydrogen) atoms. The smallest absolute Gasteiger partial charge is 0.131 e. The first-order valence-electron chi connectivity index (χ1n) is 5.96. The molecule has 0 saturated carbocycles. The summed E-state index contributed by atoms with van der Waals surface area (Å²) >= 11 is 1.76. The van der Waals surface area contributed by atoms with E-state index >= 15 is 0 Å². The SMILES string of the molecule is Cc1cc(CO)cnc1N(C)C(C)c1cccs1. The third-order valence-corrected chi connectivity index (χ3v) is 4.20. The van der Waals surface area contributed by atoms with Crippen LogP contribution in [0.25, 0.3) is 0 Å². The number of aryl methyl sites for hydroxylation is 1. The van der Waals surface area contributed by atoms with Gasteiger partial charge in [0.2, 0.25) is 0 Å². The van der Waals surface area contributed by atoms with Crippen molar-refractivity contribution in [2.75, 3.05) is 11.9 Å². The van der Waals surface area contributed by atoms with Gasteiger partial charge in [-0.15, -0.1) is 11.3 Å². The number of aliphatic hydroxyl groups is 1. The summed E-state index contributed by atoms with van der Waals surface area (Å²) in [4.78, 5) is 7.94. The molecule has 0 fully saturated rings. The highest BCUT2D eigenvalue weighted by Gasteiger charge is 2.16. The zero-order valence-electron chi connectivity index (χ0n) is 10.9. The molecule has 2 heterocycles. The van der Waals surface area contributed by atoms with Crippen LogP contribution >= 0.6 is 11.3 Å². The van der Waals surface area contributed by atoms with E-state index in [4.69, 9.17) is 5.11 Å². The van der Waals surface area contributed by atoms with Crippen LogP contribution in [0.5, 0.6) is 0 Å². The maximum Gasteiger partial charge on any atom is 0.131 e. The van der Waals surface area contributed by atoms with Gasteiger partial charge in [0.25, 0.3) is 0 Å². The Morgan fingerprint density at radius 2 is 2.28 bits per heavy atom. The van der Waals surface area contributed by atoms with Gasteiger partial charge in [0.1, 0.15) is 5.82 Å². The molecule has 1 atom stereocenters. The van der Waals surface area contributed by atoms with Crippen molar-refractivity contribution in [2.45, 2.75) is 26.5 Å². The molecule has 2 aromatic heterocycles. The van der Waals surface area contributed by atoms with Crippen molar-refractivity contribution < 1.29 is 5.11 Å². The minimum Gasteiger partial charge on any atom is -0.392 e. The number of nitrogens with zero attached hydrogens (tertiary/aromatic N) is 2. The molecule has 4 heteroatoms. The van der Waals surface area contributed by atoms with Crippen molar-refractivity contribution in [3.8, 4) is 0 Å². The summed E-state index contributed by atoms with van der Waals surface area (Å²) in [6.45, 7) is 4.24. The van der Waals surface area contributed by atoms with E-state index in [0.717, 1.165) is 16.9 Å². The molecule has 0 spiro atoms. The first-order chi connectivity index (χ1) is 8.63. The van der Waals surface area contributed by atoms with E-state index in [1.54, 1.807) is 17.5 Å². The molecule has 96 valence electrons. The van der Waals surface area contributed by atoms with Crippen molar-refractivity contribution in [1.29, 1.82) is 0 Å². The summed E-state index contributed by atoms with van der Waals surface area (Å²) in [5, 5.41) is 11.2. The summed E-state index contributed by atoms with van der Waals surface area (Å²) in [6, 6.07) is 6.50. The van der Waals surface area contributed by atoms with Crippen LogP contribution in [0, 0.1) is 6.92 Å². The summed E-state index contributed by atoms with van der Waals surface area (Å²) in [7, 11) is 2.05. The number of anilines is 1. The van der Waals surface area contributed by atoms with E-state index in [1.807, 2.05) is 13.0 Å². The summed E-state index contributed by atoms with van der Waals surface area (Å²) in [6.07, 6.45) is 1.74. The van der Waals surface area contributed by atoms with E-state index in [1.165, 1.54) is 4.88 Å². The number of aliphatic hydroxyl groups excluding tert-OH is 1. The topological polar surface area (TPSA) is 36.4 Å². The van der Waals surface area contributed by atoms with Gasteiger partial charge in [-0.05, 0) is 42.5 Å². The third kappa shape index (κ3) is 2.54. The number of rotatable bonds is 4. The Morgan fingerprint density at radius 1 is 1.50 bits per heavy atom. The standard InChI is InChI=1S/C14H18N2OS/c1-10-7-12(9-17)8-15-14(10)16(3)11(2)13-5-4-6-18-13/h4-8,11,17H,9H2,1-3H3. The molecule has 3 nitrogen and oxygen atoms in total. The Morgan fingerprint density at radius 3 is 2.83 bits per heavy atom. The minimum atomic E-state index is 0.0400. The Balaban J connectivity index is 2.26. The first kappa shape index (κ1) is 13.1. The lowest BCUT2D eigenvalue weighted by molar-refractivity contribution is 0.281. The largest absolute Gasteiger partial charge is 0.392 e. The molecule has 0 aromatic carbocycles. The van der Waals surface area contributed by atoms with Gasteiger partial charge in [-0.3, -0.25) is 0 Å². The van der Waals surface area contributed by atoms with Gasteiger partial charge in [0.05, 0.1) is 12.6 Å². The quantitative estimate of drug-likeness (QED) is 0.919. The molecule has 0 aliphatic carbocycles. The zero-order valence-corrected chi connectivity index (χ0v) is 11.7. The van der Waals surface area contributed by atoms with Crippen molar-refractivity contribution in [1.82, 2.24) is 4.98 Å². The van der Waals surface area contributed by atoms with E-state index in [9.17, 15) is 0 Å². The Bertz CT molecular complexity index is 511. The normalized spacial score (nSPS) is 12.4. The van der Waals surface area contributed by atoms with Gasteiger partial charge in [-0.2, -0.15) is 0 Å². The van der Waals surface area contributed by atoms with Crippen LogP contribution in [0.4, 0.5) is 5.82 Å². The van der Waals surface area contributed by atoms with Gasteiger partial charge in [-0.25, -0.2) is 4.98 Å². The molecule has 1 unspecified atom stereocenters. The number of aromatic nitrogens is 1. The van der Waals surface area contributed by atoms with Crippen molar-refractivity contribution in [3.05, 3.63) is 45.8 Å². The number of thiophene rings is 1. The fourth-order valence-corrected chi connectivity index (χ4v) is 2.81. The average Bonchev–Trinajstić information content (AvgIpc) is 2.90. The lowest BCUT2D eigenvalue weighted by Gasteiger charge is -2.26. The van der Waals surface area contributed by atoms with E-state index in [-0.39, 0.29) is 6.61 Å². The number of pyridine rings is 1. The lowest BCUT2D eigenvalue weighted by atomic mass is 10.1. The van der Waals surface area contributed by atoms with Crippen LogP contribution in [-0.2, 0) is 6.61 Å². The summed E-state index contributed by atoms with van der Waals surface area (Å²) in [5.74, 6) is 0.966. The molecule has 1 N–H and O–H groups in total. The molecule has 0 bridgehead atoms. The molecule has 2 rings (SSSR count). The summed E-state index contributed by atoms with van der Waals surface area (Å²) in [5.41, 5.74) is 1.95. The Labute approximate surface area is 112 Å². The second-order valence-corrected chi connectivity index (χ2v) is 5.42. The van der Waals surface area contributed by atoms with Crippen LogP contribution in [0.3, 0.4) is 0 Å². The highest BCUT2D eigenvalue weighted by atomic mass is 32.1. The van der Waals surface area contributed by atoms with Crippen LogP contribution in [0.1, 0.15) is 29.0 Å². The molecule has 2 aromatic rings. The van der Waals surface area contributed by atoms with E-state index in [0.29, 0.717) is 6.04 Å². The van der Waals surface area contributed by atoms with Crippen molar-refractivity contribution in [2.24, 2.45) is 0 Å². The summed E-state index contributed by atoms with van der Waals surface area (Å²) < 4.78 is 0. The second-order valence-electron chi connectivity index (χ2n) is 4.44. The highest BCUT2D eigenvalue weighted by molar-refractivity contribution is 7.10. The molecule has 0 aliphatic heterocycles. The minimum absolute atomic E-state index is 0.0400. The molecule has 0 amide bonds. The fourth-order valence-electron chi connectivity index (χ4n) is 1.98. The van der Waals surface area contributed by atoms with Crippen LogP contribution in [0.2, 0.25) is 0 Å². The Kier molecular flexibility index (Phi) is 3.99. The van der Waals surface area contributed by atoms with Crippen molar-refractivity contribution >= 4 is 17.2 Å². The molecule has 0 saturated heterocycles. The van der Waals surface area contributed by atoms with Crippen LogP contribution < -0.4 is 4.90 Å². The number of hydrogen-bond acceptors (Lipinski definition) is 4. The monoisotopic (exact) mass is 262 g/mol. The van der Waals surface area contributed by atoms with Gasteiger partial charge in [0.15, 0.2) is 0 Å². The lowest BCUT2D eigenvalue weighted by Crippen LogP contribution is -2.22. The fraction of sp³-hybridized carbons (Fsp3) is 0.357. The molecule has 0 aliphatic rings. The maximum atomic E-state index is 9.10.